The van der Waals surface area contributed by atoms with Crippen molar-refractivity contribution >= 4 is 5.97 Å². The first-order chi connectivity index (χ1) is 20.1. The number of carboxylic acids is 1. The van der Waals surface area contributed by atoms with Gasteiger partial charge >= 0.3 is 5.97 Å². The number of aliphatic carboxylic acids is 1. The molecule has 2 nitrogen and oxygen atoms in total. The highest BCUT2D eigenvalue weighted by atomic mass is 16.4. The van der Waals surface area contributed by atoms with E-state index in [0.29, 0.717) is 6.42 Å². The molecule has 2 aromatic carbocycles. The van der Waals surface area contributed by atoms with Crippen LogP contribution in [0.5, 0.6) is 0 Å². The zero-order valence-electron chi connectivity index (χ0n) is 26.1. The second-order valence-corrected chi connectivity index (χ2v) is 12.6. The number of unbranched alkanes of at least 4 members (excludes halogenated alkanes) is 7. The third-order valence-electron chi connectivity index (χ3n) is 9.28. The van der Waals surface area contributed by atoms with Crippen molar-refractivity contribution in [2.24, 2.45) is 5.92 Å². The summed E-state index contributed by atoms with van der Waals surface area (Å²) >= 11 is 0. The Bertz CT molecular complexity index is 1030. The molecule has 0 heterocycles. The SMILES string of the molecule is CCCCCCC(=O)O.CCCCCCCC1CCC(c2ccc(C#Cc3ccc(C4CCCC4)cc3)cc2)CC1. The summed E-state index contributed by atoms with van der Waals surface area (Å²) in [5.74, 6) is 8.59. The molecule has 0 saturated heterocycles. The highest BCUT2D eigenvalue weighted by Gasteiger charge is 2.22. The normalized spacial score (nSPS) is 18.7. The van der Waals surface area contributed by atoms with Crippen molar-refractivity contribution < 1.29 is 9.90 Å². The number of rotatable bonds is 13. The minimum atomic E-state index is -0.675. The summed E-state index contributed by atoms with van der Waals surface area (Å²) in [7, 11) is 0. The van der Waals surface area contributed by atoms with Gasteiger partial charge in [-0.3, -0.25) is 4.79 Å². The van der Waals surface area contributed by atoms with E-state index >= 15 is 0 Å². The van der Waals surface area contributed by atoms with Gasteiger partial charge in [0.25, 0.3) is 0 Å². The van der Waals surface area contributed by atoms with Crippen LogP contribution in [-0.4, -0.2) is 11.1 Å². The number of carbonyl (C=O) groups is 1. The van der Waals surface area contributed by atoms with Crippen LogP contribution in [-0.2, 0) is 4.79 Å². The van der Waals surface area contributed by atoms with Crippen molar-refractivity contribution in [3.8, 4) is 11.8 Å². The van der Waals surface area contributed by atoms with Gasteiger partial charge in [0.05, 0.1) is 0 Å². The molecule has 0 radical (unpaired) electrons. The van der Waals surface area contributed by atoms with Crippen LogP contribution in [0.4, 0.5) is 0 Å². The molecule has 224 valence electrons. The van der Waals surface area contributed by atoms with E-state index < -0.39 is 5.97 Å². The van der Waals surface area contributed by atoms with Gasteiger partial charge in [0.2, 0.25) is 0 Å². The van der Waals surface area contributed by atoms with E-state index in [0.717, 1.165) is 48.1 Å². The molecular formula is C39H56O2. The topological polar surface area (TPSA) is 37.3 Å². The minimum absolute atomic E-state index is 0.333. The summed E-state index contributed by atoms with van der Waals surface area (Å²) in [6.07, 6.45) is 24.2. The molecule has 2 aliphatic carbocycles. The van der Waals surface area contributed by atoms with Crippen LogP contribution in [0.2, 0.25) is 0 Å². The summed E-state index contributed by atoms with van der Waals surface area (Å²) in [5, 5.41) is 8.21. The van der Waals surface area contributed by atoms with Crippen LogP contribution in [0.1, 0.15) is 170 Å². The van der Waals surface area contributed by atoms with Gasteiger partial charge in [0.1, 0.15) is 0 Å². The molecule has 0 bridgehead atoms. The Kier molecular flexibility index (Phi) is 15.7. The molecule has 4 rings (SSSR count). The lowest BCUT2D eigenvalue weighted by molar-refractivity contribution is -0.137. The number of carboxylic acid groups (broad SMARTS) is 1. The van der Waals surface area contributed by atoms with Crippen molar-refractivity contribution in [2.45, 2.75) is 148 Å². The molecule has 0 aliphatic heterocycles. The number of hydrogen-bond donors (Lipinski definition) is 1. The molecule has 0 amide bonds. The fraction of sp³-hybridized carbons (Fsp3) is 0.615. The van der Waals surface area contributed by atoms with E-state index in [-0.39, 0.29) is 0 Å². The zero-order chi connectivity index (χ0) is 29.1. The van der Waals surface area contributed by atoms with Crippen LogP contribution in [0.25, 0.3) is 0 Å². The van der Waals surface area contributed by atoms with Crippen LogP contribution in [0.15, 0.2) is 48.5 Å². The predicted molar refractivity (Wildman–Crippen MR) is 175 cm³/mol. The Morgan fingerprint density at radius 1 is 0.634 bits per heavy atom. The quantitative estimate of drug-likeness (QED) is 0.197. The van der Waals surface area contributed by atoms with E-state index in [1.165, 1.54) is 107 Å². The van der Waals surface area contributed by atoms with Gasteiger partial charge < -0.3 is 5.11 Å². The highest BCUT2D eigenvalue weighted by Crippen LogP contribution is 2.38. The maximum atomic E-state index is 9.96. The maximum Gasteiger partial charge on any atom is 0.303 e. The average molecular weight is 557 g/mol. The third kappa shape index (κ3) is 12.9. The monoisotopic (exact) mass is 556 g/mol. The Morgan fingerprint density at radius 3 is 1.59 bits per heavy atom. The highest BCUT2D eigenvalue weighted by molar-refractivity contribution is 5.66. The Labute approximate surface area is 251 Å². The van der Waals surface area contributed by atoms with Crippen molar-refractivity contribution in [1.29, 1.82) is 0 Å². The molecular weight excluding hydrogens is 500 g/mol. The van der Waals surface area contributed by atoms with Crippen LogP contribution >= 0.6 is 0 Å². The first kappa shape index (κ1) is 33.0. The molecule has 1 N–H and O–H groups in total. The summed E-state index contributed by atoms with van der Waals surface area (Å²) in [6, 6.07) is 18.1. The standard InChI is InChI=1S/C32H42.C7H14O2/c1-2-3-4-5-6-9-26-14-20-31(21-15-26)32-24-18-28(19-25-32)13-12-27-16-22-30(23-17-27)29-10-7-8-11-29;1-2-3-4-5-6-7(8)9/h16-19,22-26,29,31H,2-11,14-15,20-21H2,1H3;2-6H2,1H3,(H,8,9). The molecule has 41 heavy (non-hydrogen) atoms. The van der Waals surface area contributed by atoms with Gasteiger partial charge in [0.15, 0.2) is 0 Å². The van der Waals surface area contributed by atoms with Gasteiger partial charge in [0, 0.05) is 17.5 Å². The van der Waals surface area contributed by atoms with Crippen molar-refractivity contribution in [3.05, 3.63) is 70.8 Å². The Morgan fingerprint density at radius 2 is 1.10 bits per heavy atom. The summed E-state index contributed by atoms with van der Waals surface area (Å²) < 4.78 is 0. The lowest BCUT2D eigenvalue weighted by Crippen LogP contribution is -2.13. The lowest BCUT2D eigenvalue weighted by atomic mass is 9.77. The summed E-state index contributed by atoms with van der Waals surface area (Å²) in [4.78, 5) is 9.96. The smallest absolute Gasteiger partial charge is 0.303 e. The molecule has 2 aromatic rings. The molecule has 0 spiro atoms. The van der Waals surface area contributed by atoms with E-state index in [1.807, 2.05) is 0 Å². The van der Waals surface area contributed by atoms with E-state index in [4.69, 9.17) is 5.11 Å². The molecule has 0 atom stereocenters. The van der Waals surface area contributed by atoms with E-state index in [2.05, 4.69) is 74.2 Å². The molecule has 2 heteroatoms. The van der Waals surface area contributed by atoms with Gasteiger partial charge in [-0.25, -0.2) is 0 Å². The zero-order valence-corrected chi connectivity index (χ0v) is 26.1. The summed E-state index contributed by atoms with van der Waals surface area (Å²) in [5.41, 5.74) is 5.29. The van der Waals surface area contributed by atoms with Crippen molar-refractivity contribution in [1.82, 2.24) is 0 Å². The maximum absolute atomic E-state index is 9.96. The van der Waals surface area contributed by atoms with Gasteiger partial charge in [-0.1, -0.05) is 121 Å². The summed E-state index contributed by atoms with van der Waals surface area (Å²) in [6.45, 7) is 4.41. The van der Waals surface area contributed by atoms with E-state index in [1.54, 1.807) is 0 Å². The third-order valence-corrected chi connectivity index (χ3v) is 9.28. The largest absolute Gasteiger partial charge is 0.481 e. The second kappa shape index (κ2) is 19.6. The molecule has 0 unspecified atom stereocenters. The number of benzene rings is 2. The molecule has 2 fully saturated rings. The van der Waals surface area contributed by atoms with Crippen molar-refractivity contribution in [2.75, 3.05) is 0 Å². The number of hydrogen-bond acceptors (Lipinski definition) is 1. The lowest BCUT2D eigenvalue weighted by Gasteiger charge is -2.29. The van der Waals surface area contributed by atoms with E-state index in [9.17, 15) is 4.79 Å². The fourth-order valence-corrected chi connectivity index (χ4v) is 6.60. The first-order valence-corrected chi connectivity index (χ1v) is 17.0. The second-order valence-electron chi connectivity index (χ2n) is 12.6. The molecule has 2 saturated carbocycles. The van der Waals surface area contributed by atoms with Crippen molar-refractivity contribution in [3.63, 3.8) is 0 Å². The Hall–Kier alpha value is -2.53. The van der Waals surface area contributed by atoms with Gasteiger partial charge in [-0.05, 0) is 98.1 Å². The molecule has 2 aliphatic rings. The van der Waals surface area contributed by atoms with Crippen LogP contribution in [0, 0.1) is 17.8 Å². The van der Waals surface area contributed by atoms with Gasteiger partial charge in [-0.15, -0.1) is 0 Å². The van der Waals surface area contributed by atoms with Crippen LogP contribution < -0.4 is 0 Å². The Balaban J connectivity index is 0.000000445. The molecule has 0 aromatic heterocycles. The first-order valence-electron chi connectivity index (χ1n) is 17.0. The minimum Gasteiger partial charge on any atom is -0.481 e. The predicted octanol–water partition coefficient (Wildman–Crippen LogP) is 11.4. The average Bonchev–Trinajstić information content (AvgIpc) is 3.55. The van der Waals surface area contributed by atoms with Gasteiger partial charge in [-0.2, -0.15) is 0 Å². The van der Waals surface area contributed by atoms with Crippen LogP contribution in [0.3, 0.4) is 0 Å². The fourth-order valence-electron chi connectivity index (χ4n) is 6.60.